The molecule has 0 atom stereocenters. The van der Waals surface area contributed by atoms with Crippen LogP contribution in [0.4, 0.5) is 0 Å². The molecule has 0 aliphatic rings. The Hall–Kier alpha value is -3.94. The average molecular weight is 394 g/mol. The summed E-state index contributed by atoms with van der Waals surface area (Å²) in [5, 5.41) is 3.15. The Kier molecular flexibility index (Phi) is 6.03. The van der Waals surface area contributed by atoms with E-state index in [1.165, 1.54) is 7.11 Å². The second kappa shape index (κ2) is 8.83. The normalized spacial score (nSPS) is 10.4. The second-order valence-corrected chi connectivity index (χ2v) is 6.13. The number of amides is 1. The third kappa shape index (κ3) is 4.86. The standard InChI is InChI=1S/C21H18N2O6/c1-28-20(26)14-8-6-13(7-9-14)11-22-19(25)12-29-21(27)16-10-18(24)23-17-5-3-2-4-15(16)17/h2-10H,11-12H2,1H3,(H,22,25)(H,23,24). The first-order valence-corrected chi connectivity index (χ1v) is 8.71. The van der Waals surface area contributed by atoms with Gasteiger partial charge in [-0.05, 0) is 23.8 Å². The molecule has 0 bridgehead atoms. The van der Waals surface area contributed by atoms with E-state index in [9.17, 15) is 19.2 Å². The Morgan fingerprint density at radius 3 is 2.45 bits per heavy atom. The van der Waals surface area contributed by atoms with Crippen LogP contribution in [0.25, 0.3) is 10.9 Å². The van der Waals surface area contributed by atoms with Crippen molar-refractivity contribution < 1.29 is 23.9 Å². The molecular weight excluding hydrogens is 376 g/mol. The molecule has 8 heteroatoms. The maximum absolute atomic E-state index is 12.3. The van der Waals surface area contributed by atoms with Gasteiger partial charge in [-0.3, -0.25) is 9.59 Å². The number of methoxy groups -OCH3 is 1. The van der Waals surface area contributed by atoms with Crippen molar-refractivity contribution >= 4 is 28.7 Å². The zero-order chi connectivity index (χ0) is 20.8. The third-order valence-electron chi connectivity index (χ3n) is 4.17. The number of fused-ring (bicyclic) bond motifs is 1. The first-order chi connectivity index (χ1) is 14.0. The Morgan fingerprint density at radius 1 is 1.00 bits per heavy atom. The molecule has 0 saturated carbocycles. The van der Waals surface area contributed by atoms with E-state index < -0.39 is 30.0 Å². The third-order valence-corrected chi connectivity index (χ3v) is 4.17. The van der Waals surface area contributed by atoms with E-state index in [-0.39, 0.29) is 12.1 Å². The summed E-state index contributed by atoms with van der Waals surface area (Å²) in [7, 11) is 1.30. The van der Waals surface area contributed by atoms with Crippen LogP contribution in [0.3, 0.4) is 0 Å². The van der Waals surface area contributed by atoms with Crippen molar-refractivity contribution in [3.63, 3.8) is 0 Å². The van der Waals surface area contributed by atoms with E-state index in [1.807, 2.05) is 0 Å². The van der Waals surface area contributed by atoms with Gasteiger partial charge in [0.2, 0.25) is 5.56 Å². The minimum atomic E-state index is -0.759. The number of H-pyrrole nitrogens is 1. The lowest BCUT2D eigenvalue weighted by molar-refractivity contribution is -0.124. The zero-order valence-corrected chi connectivity index (χ0v) is 15.6. The topological polar surface area (TPSA) is 115 Å². The van der Waals surface area contributed by atoms with Crippen LogP contribution in [-0.2, 0) is 20.8 Å². The number of aromatic amines is 1. The van der Waals surface area contributed by atoms with E-state index >= 15 is 0 Å². The van der Waals surface area contributed by atoms with Gasteiger partial charge in [0.15, 0.2) is 6.61 Å². The average Bonchev–Trinajstić information content (AvgIpc) is 2.75. The first kappa shape index (κ1) is 19.8. The maximum Gasteiger partial charge on any atom is 0.339 e. The summed E-state index contributed by atoms with van der Waals surface area (Å²) in [5.74, 6) is -1.70. The lowest BCUT2D eigenvalue weighted by Crippen LogP contribution is -2.28. The predicted octanol–water partition coefficient (Wildman–Crippen LogP) is 1.79. The van der Waals surface area contributed by atoms with Crippen LogP contribution in [0.2, 0.25) is 0 Å². The van der Waals surface area contributed by atoms with Gasteiger partial charge in [0.1, 0.15) is 0 Å². The summed E-state index contributed by atoms with van der Waals surface area (Å²) >= 11 is 0. The fraction of sp³-hybridized carbons (Fsp3) is 0.143. The molecule has 0 aliphatic carbocycles. The number of ether oxygens (including phenoxy) is 2. The van der Waals surface area contributed by atoms with Crippen LogP contribution in [0.5, 0.6) is 0 Å². The molecule has 0 aliphatic heterocycles. The van der Waals surface area contributed by atoms with Gasteiger partial charge in [0.05, 0.1) is 18.2 Å². The largest absolute Gasteiger partial charge is 0.465 e. The minimum absolute atomic E-state index is 0.0931. The number of hydrogen-bond acceptors (Lipinski definition) is 6. The van der Waals surface area contributed by atoms with E-state index in [1.54, 1.807) is 48.5 Å². The molecule has 2 N–H and O–H groups in total. The van der Waals surface area contributed by atoms with Gasteiger partial charge in [0.25, 0.3) is 5.91 Å². The molecule has 3 aromatic rings. The quantitative estimate of drug-likeness (QED) is 0.616. The second-order valence-electron chi connectivity index (χ2n) is 6.13. The fourth-order valence-electron chi connectivity index (χ4n) is 2.71. The Bertz CT molecular complexity index is 1120. The number of carbonyl (C=O) groups excluding carboxylic acids is 3. The lowest BCUT2D eigenvalue weighted by Gasteiger charge is -2.08. The van der Waals surface area contributed by atoms with Gasteiger partial charge < -0.3 is 19.8 Å². The van der Waals surface area contributed by atoms with E-state index in [4.69, 9.17) is 4.74 Å². The summed E-state index contributed by atoms with van der Waals surface area (Å²) in [6, 6.07) is 14.5. The minimum Gasteiger partial charge on any atom is -0.465 e. The van der Waals surface area contributed by atoms with Gasteiger partial charge in [-0.25, -0.2) is 9.59 Å². The molecule has 1 aromatic heterocycles. The Balaban J connectivity index is 1.56. The Morgan fingerprint density at radius 2 is 1.72 bits per heavy atom. The smallest absolute Gasteiger partial charge is 0.339 e. The first-order valence-electron chi connectivity index (χ1n) is 8.71. The highest BCUT2D eigenvalue weighted by molar-refractivity contribution is 6.03. The number of aromatic nitrogens is 1. The van der Waals surface area contributed by atoms with Gasteiger partial charge in [-0.1, -0.05) is 30.3 Å². The van der Waals surface area contributed by atoms with Crippen molar-refractivity contribution in [1.29, 1.82) is 0 Å². The molecule has 0 radical (unpaired) electrons. The van der Waals surface area contributed by atoms with Crippen LogP contribution in [0.1, 0.15) is 26.3 Å². The molecule has 1 heterocycles. The summed E-state index contributed by atoms with van der Waals surface area (Å²) in [6.45, 7) is -0.286. The number of nitrogens with one attached hydrogen (secondary N) is 2. The van der Waals surface area contributed by atoms with Crippen molar-refractivity contribution in [2.75, 3.05) is 13.7 Å². The maximum atomic E-state index is 12.3. The molecule has 3 rings (SSSR count). The van der Waals surface area contributed by atoms with E-state index in [2.05, 4.69) is 15.0 Å². The number of rotatable bonds is 6. The van der Waals surface area contributed by atoms with Crippen LogP contribution in [0, 0.1) is 0 Å². The van der Waals surface area contributed by atoms with Gasteiger partial charge in [0, 0.05) is 23.5 Å². The van der Waals surface area contributed by atoms with E-state index in [0.717, 1.165) is 11.6 Å². The molecular formula is C21H18N2O6. The number of pyridine rings is 1. The van der Waals surface area contributed by atoms with Crippen LogP contribution in [0.15, 0.2) is 59.4 Å². The summed E-state index contributed by atoms with van der Waals surface area (Å²) in [5.41, 5.74) is 1.33. The predicted molar refractivity (Wildman–Crippen MR) is 104 cm³/mol. The van der Waals surface area contributed by atoms with Crippen LogP contribution >= 0.6 is 0 Å². The number of carbonyl (C=O) groups is 3. The molecule has 29 heavy (non-hydrogen) atoms. The number of esters is 2. The number of para-hydroxylation sites is 1. The van der Waals surface area contributed by atoms with Crippen LogP contribution in [-0.4, -0.2) is 36.5 Å². The van der Waals surface area contributed by atoms with Crippen LogP contribution < -0.4 is 10.9 Å². The van der Waals surface area contributed by atoms with Crippen molar-refractivity contribution in [2.24, 2.45) is 0 Å². The van der Waals surface area contributed by atoms with Gasteiger partial charge >= 0.3 is 11.9 Å². The molecule has 148 valence electrons. The number of benzene rings is 2. The molecule has 0 unspecified atom stereocenters. The Labute approximate surface area is 165 Å². The van der Waals surface area contributed by atoms with Crippen molar-refractivity contribution in [3.8, 4) is 0 Å². The monoisotopic (exact) mass is 394 g/mol. The van der Waals surface area contributed by atoms with Crippen molar-refractivity contribution in [2.45, 2.75) is 6.54 Å². The SMILES string of the molecule is COC(=O)c1ccc(CNC(=O)COC(=O)c2cc(=O)[nH]c3ccccc23)cc1. The molecule has 0 fully saturated rings. The van der Waals surface area contributed by atoms with Gasteiger partial charge in [-0.15, -0.1) is 0 Å². The van der Waals surface area contributed by atoms with Crippen molar-refractivity contribution in [3.05, 3.63) is 81.6 Å². The molecule has 0 saturated heterocycles. The highest BCUT2D eigenvalue weighted by Gasteiger charge is 2.15. The summed E-state index contributed by atoms with van der Waals surface area (Å²) in [6.07, 6.45) is 0. The van der Waals surface area contributed by atoms with Gasteiger partial charge in [-0.2, -0.15) is 0 Å². The number of hydrogen-bond donors (Lipinski definition) is 2. The lowest BCUT2D eigenvalue weighted by atomic mass is 10.1. The molecule has 0 spiro atoms. The fourth-order valence-corrected chi connectivity index (χ4v) is 2.71. The summed E-state index contributed by atoms with van der Waals surface area (Å²) in [4.78, 5) is 50.0. The highest BCUT2D eigenvalue weighted by atomic mass is 16.5. The molecule has 8 nitrogen and oxygen atoms in total. The highest BCUT2D eigenvalue weighted by Crippen LogP contribution is 2.15. The molecule has 2 aromatic carbocycles. The summed E-state index contributed by atoms with van der Waals surface area (Å²) < 4.78 is 9.66. The molecule has 1 amide bonds. The zero-order valence-electron chi connectivity index (χ0n) is 15.6. The van der Waals surface area contributed by atoms with E-state index in [0.29, 0.717) is 16.5 Å². The van der Waals surface area contributed by atoms with Crippen molar-refractivity contribution in [1.82, 2.24) is 10.3 Å².